The second-order valence-electron chi connectivity index (χ2n) is 7.15. The fraction of sp³-hybridized carbons (Fsp3) is 0.450. The number of benzene rings is 1. The molecule has 0 saturated heterocycles. The zero-order valence-corrected chi connectivity index (χ0v) is 15.5. The summed E-state index contributed by atoms with van der Waals surface area (Å²) in [7, 11) is 1.80. The molecular weight excluding hydrogens is 328 g/mol. The Hall–Kier alpha value is -2.63. The minimum Gasteiger partial charge on any atom is -0.423 e. The standard InChI is InChI=1S/C20H24N4O2/c1-4-17-22-23-18(26-17)11-24(3)20(25)14-7-5-6-13-15-10-12(2)8-9-16(15)21-19(13)14/h8-10,14,21H,4-7,11H2,1-3H3. The summed E-state index contributed by atoms with van der Waals surface area (Å²) >= 11 is 0. The Labute approximate surface area is 152 Å². The summed E-state index contributed by atoms with van der Waals surface area (Å²) in [5, 5.41) is 9.25. The highest BCUT2D eigenvalue weighted by molar-refractivity contribution is 5.90. The van der Waals surface area contributed by atoms with Crippen molar-refractivity contribution >= 4 is 16.8 Å². The van der Waals surface area contributed by atoms with Crippen molar-refractivity contribution in [3.63, 3.8) is 0 Å². The molecule has 1 aromatic carbocycles. The van der Waals surface area contributed by atoms with Gasteiger partial charge in [-0.05, 0) is 43.9 Å². The van der Waals surface area contributed by atoms with Crippen LogP contribution in [0.3, 0.4) is 0 Å². The number of fused-ring (bicyclic) bond motifs is 3. The van der Waals surface area contributed by atoms with Gasteiger partial charge in [-0.1, -0.05) is 18.6 Å². The van der Waals surface area contributed by atoms with Crippen LogP contribution in [0.5, 0.6) is 0 Å². The number of carbonyl (C=O) groups is 1. The number of hydrogen-bond donors (Lipinski definition) is 1. The normalized spacial score (nSPS) is 16.7. The predicted octanol–water partition coefficient (Wildman–Crippen LogP) is 3.50. The number of aromatic amines is 1. The minimum atomic E-state index is -0.134. The van der Waals surface area contributed by atoms with E-state index in [0.29, 0.717) is 24.7 Å². The molecule has 3 aromatic rings. The molecule has 1 aliphatic carbocycles. The third-order valence-corrected chi connectivity index (χ3v) is 5.22. The van der Waals surface area contributed by atoms with Crippen molar-refractivity contribution < 1.29 is 9.21 Å². The highest BCUT2D eigenvalue weighted by atomic mass is 16.4. The number of aryl methyl sites for hydroxylation is 3. The van der Waals surface area contributed by atoms with Gasteiger partial charge in [-0.3, -0.25) is 4.79 Å². The molecule has 26 heavy (non-hydrogen) atoms. The summed E-state index contributed by atoms with van der Waals surface area (Å²) in [4.78, 5) is 18.3. The van der Waals surface area contributed by atoms with E-state index in [4.69, 9.17) is 4.42 Å². The third-order valence-electron chi connectivity index (χ3n) is 5.22. The first-order chi connectivity index (χ1) is 12.6. The van der Waals surface area contributed by atoms with E-state index >= 15 is 0 Å². The first kappa shape index (κ1) is 16.8. The van der Waals surface area contributed by atoms with Crippen LogP contribution in [-0.4, -0.2) is 33.0 Å². The Kier molecular flexibility index (Phi) is 4.26. The minimum absolute atomic E-state index is 0.102. The number of nitrogens with zero attached hydrogens (tertiary/aromatic N) is 3. The van der Waals surface area contributed by atoms with Crippen LogP contribution < -0.4 is 0 Å². The number of carbonyl (C=O) groups excluding carboxylic acids is 1. The highest BCUT2D eigenvalue weighted by Crippen LogP contribution is 2.37. The molecule has 0 spiro atoms. The summed E-state index contributed by atoms with van der Waals surface area (Å²) in [5.74, 6) is 1.06. The fourth-order valence-electron chi connectivity index (χ4n) is 3.87. The molecule has 2 aromatic heterocycles. The third kappa shape index (κ3) is 2.89. The largest absolute Gasteiger partial charge is 0.423 e. The summed E-state index contributed by atoms with van der Waals surface area (Å²) in [6.07, 6.45) is 3.62. The number of H-pyrrole nitrogens is 1. The second kappa shape index (κ2) is 6.59. The van der Waals surface area contributed by atoms with Crippen molar-refractivity contribution in [2.45, 2.75) is 52.0 Å². The average Bonchev–Trinajstić information content (AvgIpc) is 3.24. The molecule has 1 N–H and O–H groups in total. The average molecular weight is 352 g/mol. The molecule has 2 heterocycles. The maximum atomic E-state index is 13.1. The molecule has 1 aliphatic rings. The molecule has 4 rings (SSSR count). The van der Waals surface area contributed by atoms with Crippen LogP contribution in [0.15, 0.2) is 22.6 Å². The molecule has 0 saturated carbocycles. The van der Waals surface area contributed by atoms with E-state index in [1.165, 1.54) is 16.5 Å². The quantitative estimate of drug-likeness (QED) is 0.780. The van der Waals surface area contributed by atoms with Gasteiger partial charge in [0, 0.05) is 30.1 Å². The van der Waals surface area contributed by atoms with Gasteiger partial charge in [-0.2, -0.15) is 0 Å². The van der Waals surface area contributed by atoms with Crippen molar-refractivity contribution in [2.24, 2.45) is 0 Å². The monoisotopic (exact) mass is 352 g/mol. The van der Waals surface area contributed by atoms with Gasteiger partial charge in [0.1, 0.15) is 0 Å². The van der Waals surface area contributed by atoms with E-state index < -0.39 is 0 Å². The Morgan fingerprint density at radius 1 is 1.35 bits per heavy atom. The lowest BCUT2D eigenvalue weighted by Crippen LogP contribution is -2.33. The molecule has 6 heteroatoms. The van der Waals surface area contributed by atoms with Gasteiger partial charge in [0.2, 0.25) is 17.7 Å². The van der Waals surface area contributed by atoms with Gasteiger partial charge in [0.05, 0.1) is 12.5 Å². The molecule has 6 nitrogen and oxygen atoms in total. The summed E-state index contributed by atoms with van der Waals surface area (Å²) in [6.45, 7) is 4.41. The van der Waals surface area contributed by atoms with E-state index in [1.807, 2.05) is 6.92 Å². The Balaban J connectivity index is 1.60. The molecule has 1 amide bonds. The van der Waals surface area contributed by atoms with E-state index in [1.54, 1.807) is 11.9 Å². The van der Waals surface area contributed by atoms with E-state index in [-0.39, 0.29) is 11.8 Å². The molecule has 136 valence electrons. The van der Waals surface area contributed by atoms with E-state index in [9.17, 15) is 4.79 Å². The van der Waals surface area contributed by atoms with Crippen molar-refractivity contribution in [2.75, 3.05) is 7.05 Å². The molecule has 0 aliphatic heterocycles. The van der Waals surface area contributed by atoms with Crippen molar-refractivity contribution in [1.29, 1.82) is 0 Å². The fourth-order valence-corrected chi connectivity index (χ4v) is 3.87. The Morgan fingerprint density at radius 3 is 2.92 bits per heavy atom. The number of hydrogen-bond acceptors (Lipinski definition) is 4. The smallest absolute Gasteiger partial charge is 0.235 e. The maximum absolute atomic E-state index is 13.1. The number of likely N-dealkylation sites (N-methyl/N-ethyl adjacent to an activating group) is 1. The van der Waals surface area contributed by atoms with Crippen molar-refractivity contribution in [1.82, 2.24) is 20.1 Å². The van der Waals surface area contributed by atoms with Gasteiger partial charge in [-0.15, -0.1) is 10.2 Å². The van der Waals surface area contributed by atoms with Gasteiger partial charge in [0.25, 0.3) is 0 Å². The number of nitrogens with one attached hydrogen (secondary N) is 1. The summed E-state index contributed by atoms with van der Waals surface area (Å²) < 4.78 is 5.55. The zero-order chi connectivity index (χ0) is 18.3. The van der Waals surface area contributed by atoms with Crippen molar-refractivity contribution in [3.05, 3.63) is 46.8 Å². The zero-order valence-electron chi connectivity index (χ0n) is 15.5. The Bertz CT molecular complexity index is 956. The van der Waals surface area contributed by atoms with Crippen molar-refractivity contribution in [3.8, 4) is 0 Å². The number of rotatable bonds is 4. The van der Waals surface area contributed by atoms with Crippen LogP contribution >= 0.6 is 0 Å². The molecule has 0 bridgehead atoms. The first-order valence-corrected chi connectivity index (χ1v) is 9.24. The first-order valence-electron chi connectivity index (χ1n) is 9.24. The number of amides is 1. The van der Waals surface area contributed by atoms with Gasteiger partial charge < -0.3 is 14.3 Å². The lowest BCUT2D eigenvalue weighted by Gasteiger charge is -2.26. The number of aromatic nitrogens is 3. The highest BCUT2D eigenvalue weighted by Gasteiger charge is 2.31. The second-order valence-corrected chi connectivity index (χ2v) is 7.15. The molecule has 0 radical (unpaired) electrons. The Morgan fingerprint density at radius 2 is 2.15 bits per heavy atom. The van der Waals surface area contributed by atoms with Crippen LogP contribution in [0, 0.1) is 6.92 Å². The van der Waals surface area contributed by atoms with Gasteiger partial charge in [-0.25, -0.2) is 0 Å². The van der Waals surface area contributed by atoms with Crippen LogP contribution in [-0.2, 0) is 24.2 Å². The molecular formula is C20H24N4O2. The molecule has 1 unspecified atom stereocenters. The van der Waals surface area contributed by atoms with E-state index in [0.717, 1.165) is 30.5 Å². The SMILES string of the molecule is CCc1nnc(CN(C)C(=O)C2CCCc3c2[nH]c2ccc(C)cc32)o1. The lowest BCUT2D eigenvalue weighted by molar-refractivity contribution is -0.132. The van der Waals surface area contributed by atoms with E-state index in [2.05, 4.69) is 40.3 Å². The van der Waals surface area contributed by atoms with Gasteiger partial charge in [0.15, 0.2) is 0 Å². The summed E-state index contributed by atoms with van der Waals surface area (Å²) in [5.41, 5.74) is 4.74. The van der Waals surface area contributed by atoms with Gasteiger partial charge >= 0.3 is 0 Å². The molecule has 0 fully saturated rings. The summed E-state index contributed by atoms with van der Waals surface area (Å²) in [6, 6.07) is 6.43. The topological polar surface area (TPSA) is 75.0 Å². The molecule has 1 atom stereocenters. The van der Waals surface area contributed by atoms with Crippen LogP contribution in [0.2, 0.25) is 0 Å². The predicted molar refractivity (Wildman–Crippen MR) is 98.9 cm³/mol. The van der Waals surface area contributed by atoms with Crippen LogP contribution in [0.1, 0.15) is 54.3 Å². The van der Waals surface area contributed by atoms with Crippen LogP contribution in [0.4, 0.5) is 0 Å². The lowest BCUT2D eigenvalue weighted by atomic mass is 9.85. The van der Waals surface area contributed by atoms with Crippen LogP contribution in [0.25, 0.3) is 10.9 Å². The maximum Gasteiger partial charge on any atom is 0.235 e.